The summed E-state index contributed by atoms with van der Waals surface area (Å²) in [6.45, 7) is 3.14. The standard InChI is InChI=1S/C17H25NO3/c1-12-3-5-13(6-4-12)9-10-18-16-11-14(21-2)7-8-15(16)17(19)20/h7-8,11-13,18H,3-6,9-10H2,1-2H3,(H,19,20). The second kappa shape index (κ2) is 7.34. The van der Waals surface area contributed by atoms with Gasteiger partial charge in [-0.3, -0.25) is 0 Å². The van der Waals surface area contributed by atoms with Gasteiger partial charge in [-0.2, -0.15) is 0 Å². The first-order valence-electron chi connectivity index (χ1n) is 7.75. The van der Waals surface area contributed by atoms with Crippen LogP contribution in [0.3, 0.4) is 0 Å². The fourth-order valence-electron chi connectivity index (χ4n) is 3.01. The van der Waals surface area contributed by atoms with Gasteiger partial charge in [-0.1, -0.05) is 32.6 Å². The lowest BCUT2D eigenvalue weighted by Gasteiger charge is -2.26. The highest BCUT2D eigenvalue weighted by atomic mass is 16.5. The van der Waals surface area contributed by atoms with Crippen molar-refractivity contribution in [3.8, 4) is 5.75 Å². The minimum absolute atomic E-state index is 0.299. The number of carboxylic acid groups (broad SMARTS) is 1. The molecule has 0 spiro atoms. The molecule has 0 saturated heterocycles. The van der Waals surface area contributed by atoms with E-state index in [1.165, 1.54) is 25.7 Å². The molecule has 0 aromatic heterocycles. The Bertz CT molecular complexity index is 479. The van der Waals surface area contributed by atoms with E-state index in [1.807, 2.05) is 0 Å². The van der Waals surface area contributed by atoms with Gasteiger partial charge in [0.2, 0.25) is 0 Å². The van der Waals surface area contributed by atoms with E-state index in [9.17, 15) is 9.90 Å². The number of aromatic carboxylic acids is 1. The second-order valence-electron chi connectivity index (χ2n) is 6.06. The van der Waals surface area contributed by atoms with E-state index < -0.39 is 5.97 Å². The van der Waals surface area contributed by atoms with E-state index >= 15 is 0 Å². The lowest BCUT2D eigenvalue weighted by atomic mass is 9.81. The van der Waals surface area contributed by atoms with Gasteiger partial charge in [0.15, 0.2) is 0 Å². The van der Waals surface area contributed by atoms with Crippen LogP contribution in [0.25, 0.3) is 0 Å². The molecule has 0 radical (unpaired) electrons. The van der Waals surface area contributed by atoms with E-state index in [-0.39, 0.29) is 0 Å². The molecule has 0 bridgehead atoms. The second-order valence-corrected chi connectivity index (χ2v) is 6.06. The third-order valence-corrected chi connectivity index (χ3v) is 4.46. The zero-order chi connectivity index (χ0) is 15.2. The molecule has 1 fully saturated rings. The summed E-state index contributed by atoms with van der Waals surface area (Å²) in [5.74, 6) is 1.40. The van der Waals surface area contributed by atoms with Crippen molar-refractivity contribution >= 4 is 11.7 Å². The van der Waals surface area contributed by atoms with Gasteiger partial charge in [-0.15, -0.1) is 0 Å². The molecule has 2 N–H and O–H groups in total. The molecule has 21 heavy (non-hydrogen) atoms. The van der Waals surface area contributed by atoms with Crippen LogP contribution < -0.4 is 10.1 Å². The molecular formula is C17H25NO3. The van der Waals surface area contributed by atoms with Gasteiger partial charge in [-0.05, 0) is 30.4 Å². The van der Waals surface area contributed by atoms with Gasteiger partial charge in [0.1, 0.15) is 5.75 Å². The SMILES string of the molecule is COc1ccc(C(=O)O)c(NCCC2CCC(C)CC2)c1. The summed E-state index contributed by atoms with van der Waals surface area (Å²) in [7, 11) is 1.59. The van der Waals surface area contributed by atoms with E-state index in [0.717, 1.165) is 24.8 Å². The van der Waals surface area contributed by atoms with E-state index in [2.05, 4.69) is 12.2 Å². The monoisotopic (exact) mass is 291 g/mol. The number of hydrogen-bond donors (Lipinski definition) is 2. The minimum Gasteiger partial charge on any atom is -0.497 e. The van der Waals surface area contributed by atoms with E-state index in [4.69, 9.17) is 4.74 Å². The summed E-state index contributed by atoms with van der Waals surface area (Å²) in [5, 5.41) is 12.5. The van der Waals surface area contributed by atoms with Crippen LogP contribution in [0.1, 0.15) is 49.4 Å². The van der Waals surface area contributed by atoms with Crippen molar-refractivity contribution in [2.75, 3.05) is 19.0 Å². The van der Waals surface area contributed by atoms with Crippen molar-refractivity contribution in [3.63, 3.8) is 0 Å². The first-order valence-corrected chi connectivity index (χ1v) is 7.75. The summed E-state index contributed by atoms with van der Waals surface area (Å²) < 4.78 is 5.16. The predicted molar refractivity (Wildman–Crippen MR) is 84.2 cm³/mol. The Balaban J connectivity index is 1.91. The number of carboxylic acids is 1. The largest absolute Gasteiger partial charge is 0.497 e. The van der Waals surface area contributed by atoms with Crippen molar-refractivity contribution in [2.24, 2.45) is 11.8 Å². The zero-order valence-electron chi connectivity index (χ0n) is 12.9. The summed E-state index contributed by atoms with van der Waals surface area (Å²) in [6, 6.07) is 5.02. The van der Waals surface area contributed by atoms with Crippen LogP contribution in [-0.2, 0) is 0 Å². The first-order chi connectivity index (χ1) is 10.1. The Hall–Kier alpha value is -1.71. The Labute approximate surface area is 126 Å². The summed E-state index contributed by atoms with van der Waals surface area (Å²) >= 11 is 0. The number of carbonyl (C=O) groups is 1. The third kappa shape index (κ3) is 4.38. The van der Waals surface area contributed by atoms with Crippen LogP contribution in [0.4, 0.5) is 5.69 Å². The Morgan fingerprint density at radius 1 is 1.33 bits per heavy atom. The lowest BCUT2D eigenvalue weighted by Crippen LogP contribution is -2.16. The molecule has 0 atom stereocenters. The molecule has 1 aromatic carbocycles. The maximum absolute atomic E-state index is 11.2. The summed E-state index contributed by atoms with van der Waals surface area (Å²) in [4.78, 5) is 11.2. The van der Waals surface area contributed by atoms with Crippen molar-refractivity contribution < 1.29 is 14.6 Å². The first kappa shape index (κ1) is 15.7. The Morgan fingerprint density at radius 3 is 2.67 bits per heavy atom. The number of ether oxygens (including phenoxy) is 1. The summed E-state index contributed by atoms with van der Waals surface area (Å²) in [5.41, 5.74) is 0.944. The van der Waals surface area contributed by atoms with E-state index in [1.54, 1.807) is 25.3 Å². The fourth-order valence-corrected chi connectivity index (χ4v) is 3.01. The minimum atomic E-state index is -0.911. The topological polar surface area (TPSA) is 58.6 Å². The number of anilines is 1. The average Bonchev–Trinajstić information content (AvgIpc) is 2.49. The third-order valence-electron chi connectivity index (χ3n) is 4.46. The van der Waals surface area contributed by atoms with Crippen molar-refractivity contribution in [2.45, 2.75) is 39.0 Å². The maximum atomic E-state index is 11.2. The van der Waals surface area contributed by atoms with Crippen LogP contribution >= 0.6 is 0 Å². The molecule has 1 aliphatic rings. The number of benzene rings is 1. The number of rotatable bonds is 6. The van der Waals surface area contributed by atoms with Gasteiger partial charge in [0.25, 0.3) is 0 Å². The molecule has 1 aromatic rings. The highest BCUT2D eigenvalue weighted by molar-refractivity contribution is 5.94. The van der Waals surface area contributed by atoms with Crippen molar-refractivity contribution in [3.05, 3.63) is 23.8 Å². The molecule has 4 nitrogen and oxygen atoms in total. The Kier molecular flexibility index (Phi) is 5.48. The average molecular weight is 291 g/mol. The quantitative estimate of drug-likeness (QED) is 0.831. The van der Waals surface area contributed by atoms with Crippen molar-refractivity contribution in [1.29, 1.82) is 0 Å². The zero-order valence-corrected chi connectivity index (χ0v) is 12.9. The molecule has 1 aliphatic carbocycles. The van der Waals surface area contributed by atoms with Crippen LogP contribution in [0, 0.1) is 11.8 Å². The number of nitrogens with one attached hydrogen (secondary N) is 1. The van der Waals surface area contributed by atoms with Crippen molar-refractivity contribution in [1.82, 2.24) is 0 Å². The number of methoxy groups -OCH3 is 1. The molecule has 116 valence electrons. The van der Waals surface area contributed by atoms with Gasteiger partial charge < -0.3 is 15.2 Å². The molecule has 2 rings (SSSR count). The van der Waals surface area contributed by atoms with E-state index in [0.29, 0.717) is 17.0 Å². The van der Waals surface area contributed by atoms with Gasteiger partial charge in [0.05, 0.1) is 18.4 Å². The smallest absolute Gasteiger partial charge is 0.337 e. The highest BCUT2D eigenvalue weighted by Gasteiger charge is 2.18. The molecule has 0 aliphatic heterocycles. The fraction of sp³-hybridized carbons (Fsp3) is 0.588. The highest BCUT2D eigenvalue weighted by Crippen LogP contribution is 2.30. The molecular weight excluding hydrogens is 266 g/mol. The normalized spacial score (nSPS) is 21.8. The van der Waals surface area contributed by atoms with Gasteiger partial charge >= 0.3 is 5.97 Å². The summed E-state index contributed by atoms with van der Waals surface area (Å²) in [6.07, 6.45) is 6.34. The van der Waals surface area contributed by atoms with Gasteiger partial charge in [0, 0.05) is 12.6 Å². The van der Waals surface area contributed by atoms with Crippen LogP contribution in [0.2, 0.25) is 0 Å². The maximum Gasteiger partial charge on any atom is 0.337 e. The molecule has 0 amide bonds. The van der Waals surface area contributed by atoms with Crippen LogP contribution in [-0.4, -0.2) is 24.7 Å². The van der Waals surface area contributed by atoms with Gasteiger partial charge in [-0.25, -0.2) is 4.79 Å². The Morgan fingerprint density at radius 2 is 2.05 bits per heavy atom. The predicted octanol–water partition coefficient (Wildman–Crippen LogP) is 4.02. The molecule has 1 saturated carbocycles. The lowest BCUT2D eigenvalue weighted by molar-refractivity contribution is 0.0698. The molecule has 4 heteroatoms. The molecule has 0 heterocycles. The molecule has 0 unspecified atom stereocenters. The number of hydrogen-bond acceptors (Lipinski definition) is 3. The van der Waals surface area contributed by atoms with Crippen LogP contribution in [0.15, 0.2) is 18.2 Å². The van der Waals surface area contributed by atoms with Crippen LogP contribution in [0.5, 0.6) is 5.75 Å².